The summed E-state index contributed by atoms with van der Waals surface area (Å²) in [6.07, 6.45) is 0. The second kappa shape index (κ2) is 14.6. The van der Waals surface area contributed by atoms with Gasteiger partial charge in [-0.15, -0.1) is 0 Å². The number of rotatable bonds is 4. The highest BCUT2D eigenvalue weighted by molar-refractivity contribution is 7.23. The predicted octanol–water partition coefficient (Wildman–Crippen LogP) is 16.2. The maximum atomic E-state index is 2.65. The molecule has 0 saturated carbocycles. The molecule has 0 unspecified atom stereocenters. The summed E-state index contributed by atoms with van der Waals surface area (Å²) in [5.41, 5.74) is 7.77. The fraction of sp³-hybridized carbons (Fsp3) is 0. The van der Waals surface area contributed by atoms with E-state index in [1.165, 1.54) is 151 Å². The van der Waals surface area contributed by atoms with Crippen molar-refractivity contribution >= 4 is 126 Å². The molecule has 0 aromatic heterocycles. The van der Waals surface area contributed by atoms with E-state index in [1.54, 1.807) is 0 Å². The quantitative estimate of drug-likeness (QED) is 0.122. The van der Waals surface area contributed by atoms with Crippen molar-refractivity contribution in [2.24, 2.45) is 0 Å². The van der Waals surface area contributed by atoms with E-state index in [-0.39, 0.29) is 0 Å². The molecule has 0 aliphatic carbocycles. The van der Waals surface area contributed by atoms with Crippen molar-refractivity contribution in [3.63, 3.8) is 0 Å². The van der Waals surface area contributed by atoms with Gasteiger partial charge in [0.25, 0.3) is 0 Å². The normalized spacial score (nSPS) is 13.2. The first-order valence-electron chi connectivity index (χ1n) is 24.9. The van der Waals surface area contributed by atoms with Crippen molar-refractivity contribution in [1.29, 1.82) is 0 Å². The van der Waals surface area contributed by atoms with Crippen molar-refractivity contribution in [3.8, 4) is 33.4 Å². The van der Waals surface area contributed by atoms with Gasteiger partial charge in [-0.2, -0.15) is 0 Å². The summed E-state index contributed by atoms with van der Waals surface area (Å²) in [5.74, 6) is 0. The lowest BCUT2D eigenvalue weighted by atomic mass is 9.86. The second-order valence-electron chi connectivity index (χ2n) is 19.7. The van der Waals surface area contributed by atoms with E-state index in [0.29, 0.717) is 0 Å². The zero-order valence-corrected chi connectivity index (χ0v) is 39.7. The highest BCUT2D eigenvalue weighted by atomic mass is 28.3. The Hall–Kier alpha value is -8.88. The molecule has 1 aliphatic heterocycles. The summed E-state index contributed by atoms with van der Waals surface area (Å²) in [6.45, 7) is 0. The van der Waals surface area contributed by atoms with Gasteiger partial charge < -0.3 is 0 Å². The molecule has 15 aromatic carbocycles. The van der Waals surface area contributed by atoms with Crippen LogP contribution in [0.15, 0.2) is 255 Å². The van der Waals surface area contributed by atoms with E-state index in [0.717, 1.165) is 0 Å². The third-order valence-electron chi connectivity index (χ3n) is 16.4. The Morgan fingerprint density at radius 3 is 1.34 bits per heavy atom. The van der Waals surface area contributed by atoms with Crippen LogP contribution >= 0.6 is 0 Å². The van der Waals surface area contributed by atoms with Crippen LogP contribution in [-0.2, 0) is 0 Å². The molecule has 0 saturated heterocycles. The van der Waals surface area contributed by atoms with E-state index in [9.17, 15) is 0 Å². The summed E-state index contributed by atoms with van der Waals surface area (Å²) < 4.78 is 0. The SMILES string of the molecule is c1ccc([Si]2(c3ccccc3)c3cc4c5ccc(-c6ccc(-c7ccc8ccc9cccc%10ccc7c8c9%10)c7ccccc67)cc5c5ccccc5c4cc3-c3c2c2ccccc2c2ccccc32)cc1. The molecule has 0 fully saturated rings. The maximum absolute atomic E-state index is 2.94. The lowest BCUT2D eigenvalue weighted by Crippen LogP contribution is -2.73. The van der Waals surface area contributed by atoms with E-state index in [1.807, 2.05) is 0 Å². The molecule has 0 nitrogen and oxygen atoms in total. The number of hydrogen-bond donors (Lipinski definition) is 0. The van der Waals surface area contributed by atoms with Gasteiger partial charge in [-0.25, -0.2) is 0 Å². The summed E-state index contributed by atoms with van der Waals surface area (Å²) in [7, 11) is -2.94. The van der Waals surface area contributed by atoms with Crippen LogP contribution in [0, 0.1) is 0 Å². The van der Waals surface area contributed by atoms with Gasteiger partial charge in [0.1, 0.15) is 0 Å². The van der Waals surface area contributed by atoms with Crippen LogP contribution in [0.3, 0.4) is 0 Å². The van der Waals surface area contributed by atoms with E-state index in [2.05, 4.69) is 255 Å². The van der Waals surface area contributed by atoms with Gasteiger partial charge in [0, 0.05) is 0 Å². The molecule has 326 valence electrons. The molecule has 1 heterocycles. The zero-order chi connectivity index (χ0) is 46.4. The molecule has 0 atom stereocenters. The molecule has 16 rings (SSSR count). The average molecular weight is 911 g/mol. The maximum Gasteiger partial charge on any atom is 0.181 e. The molecule has 1 heteroatoms. The van der Waals surface area contributed by atoms with Crippen LogP contribution in [0.4, 0.5) is 0 Å². The smallest absolute Gasteiger partial charge is 0.0623 e. The first-order valence-corrected chi connectivity index (χ1v) is 26.9. The van der Waals surface area contributed by atoms with Gasteiger partial charge in [-0.3, -0.25) is 0 Å². The van der Waals surface area contributed by atoms with E-state index in [4.69, 9.17) is 0 Å². The van der Waals surface area contributed by atoms with Gasteiger partial charge >= 0.3 is 0 Å². The monoisotopic (exact) mass is 910 g/mol. The minimum Gasteiger partial charge on any atom is -0.0623 e. The van der Waals surface area contributed by atoms with Gasteiger partial charge in [0.05, 0.1) is 0 Å². The van der Waals surface area contributed by atoms with Crippen LogP contribution in [0.5, 0.6) is 0 Å². The van der Waals surface area contributed by atoms with E-state index < -0.39 is 8.07 Å². The molecule has 71 heavy (non-hydrogen) atoms. The Balaban J connectivity index is 0.968. The Labute approximate surface area is 411 Å². The Morgan fingerprint density at radius 1 is 0.225 bits per heavy atom. The van der Waals surface area contributed by atoms with Crippen molar-refractivity contribution in [2.45, 2.75) is 0 Å². The molecule has 0 spiro atoms. The highest BCUT2D eigenvalue weighted by Gasteiger charge is 2.50. The number of benzene rings is 15. The lowest BCUT2D eigenvalue weighted by Gasteiger charge is -2.32. The standard InChI is InChI=1S/C70H42Si/c1-3-18-47(19-4-1)71(48-20-5-2-6-21-48)66-42-64-58-36-34-46(49-38-39-56(51-23-8-7-22-50(49)51)57-35-32-45-31-30-43-16-15-17-44-33-37-60(57)68(45)67(43)44)40-62(58)54-26-9-10-27-55(54)63(64)41-65(66)69-59-28-13-11-24-52(59)53-25-12-14-29-61(53)70(69)71/h1-42H. The Bertz CT molecular complexity index is 4680. The van der Waals surface area contributed by atoms with Crippen molar-refractivity contribution in [2.75, 3.05) is 0 Å². The van der Waals surface area contributed by atoms with Crippen molar-refractivity contribution < 1.29 is 0 Å². The average Bonchev–Trinajstić information content (AvgIpc) is 3.76. The van der Waals surface area contributed by atoms with E-state index >= 15 is 0 Å². The fourth-order valence-electron chi connectivity index (χ4n) is 13.5. The minimum absolute atomic E-state index is 1.23. The van der Waals surface area contributed by atoms with Crippen molar-refractivity contribution in [1.82, 2.24) is 0 Å². The topological polar surface area (TPSA) is 0 Å². The molecule has 0 N–H and O–H groups in total. The first-order chi connectivity index (χ1) is 35.2. The summed E-state index contributed by atoms with van der Waals surface area (Å²) >= 11 is 0. The fourth-order valence-corrected chi connectivity index (χ4v) is 18.9. The highest BCUT2D eigenvalue weighted by Crippen LogP contribution is 2.46. The van der Waals surface area contributed by atoms with Crippen LogP contribution in [0.1, 0.15) is 0 Å². The molecule has 0 radical (unpaired) electrons. The van der Waals surface area contributed by atoms with Gasteiger partial charge in [0.15, 0.2) is 8.07 Å². The number of hydrogen-bond acceptors (Lipinski definition) is 0. The molecule has 1 aliphatic rings. The van der Waals surface area contributed by atoms with Gasteiger partial charge in [-0.05, 0) is 163 Å². The van der Waals surface area contributed by atoms with Crippen LogP contribution in [0.25, 0.3) is 130 Å². The van der Waals surface area contributed by atoms with Gasteiger partial charge in [-0.1, -0.05) is 243 Å². The van der Waals surface area contributed by atoms with Crippen molar-refractivity contribution in [3.05, 3.63) is 255 Å². The molecule has 0 bridgehead atoms. The minimum atomic E-state index is -2.94. The lowest BCUT2D eigenvalue weighted by molar-refractivity contribution is 1.67. The number of fused-ring (bicyclic) bond motifs is 15. The van der Waals surface area contributed by atoms with Crippen LogP contribution < -0.4 is 20.7 Å². The predicted molar refractivity (Wildman–Crippen MR) is 309 cm³/mol. The molecular formula is C70H42Si. The third kappa shape index (κ3) is 5.23. The Kier molecular flexibility index (Phi) is 8.01. The Morgan fingerprint density at radius 2 is 0.662 bits per heavy atom. The summed E-state index contributed by atoms with van der Waals surface area (Å²) in [6, 6.07) is 97.3. The molecule has 0 amide bonds. The largest absolute Gasteiger partial charge is 0.181 e. The second-order valence-corrected chi connectivity index (χ2v) is 23.4. The van der Waals surface area contributed by atoms with Crippen LogP contribution in [-0.4, -0.2) is 8.07 Å². The zero-order valence-electron chi connectivity index (χ0n) is 38.7. The summed E-state index contributed by atoms with van der Waals surface area (Å²) in [4.78, 5) is 0. The van der Waals surface area contributed by atoms with Crippen LogP contribution in [0.2, 0.25) is 0 Å². The third-order valence-corrected chi connectivity index (χ3v) is 21.3. The first kappa shape index (κ1) is 39.0. The molecule has 15 aromatic rings. The summed E-state index contributed by atoms with van der Waals surface area (Å²) in [5, 5.41) is 29.3. The molecular weight excluding hydrogens is 869 g/mol. The van der Waals surface area contributed by atoms with Gasteiger partial charge in [0.2, 0.25) is 0 Å².